The number of hydrogen-bond acceptors (Lipinski definition) is 4. The van der Waals surface area contributed by atoms with Crippen LogP contribution in [-0.4, -0.2) is 31.4 Å². The fourth-order valence-electron chi connectivity index (χ4n) is 2.74. The standard InChI is InChI=1S/C18H21BO4/c1-17(2)18(3,4)23-19(22-17)15-11-13(16(20)21-5)10-12-8-6-7-9-14(12)15/h6-11H,1-5H3. The first kappa shape index (κ1) is 16.0. The molecule has 0 spiro atoms. The minimum Gasteiger partial charge on any atom is -0.465 e. The Morgan fingerprint density at radius 2 is 1.65 bits per heavy atom. The van der Waals surface area contributed by atoms with Gasteiger partial charge in [0.1, 0.15) is 0 Å². The summed E-state index contributed by atoms with van der Waals surface area (Å²) in [5.74, 6) is -0.367. The summed E-state index contributed by atoms with van der Waals surface area (Å²) < 4.78 is 17.2. The second-order valence-corrected chi connectivity index (χ2v) is 6.87. The van der Waals surface area contributed by atoms with E-state index >= 15 is 0 Å². The lowest BCUT2D eigenvalue weighted by Crippen LogP contribution is -2.41. The van der Waals surface area contributed by atoms with Gasteiger partial charge in [0.25, 0.3) is 0 Å². The van der Waals surface area contributed by atoms with Crippen molar-refractivity contribution in [3.05, 3.63) is 42.0 Å². The Kier molecular flexibility index (Phi) is 3.73. The summed E-state index contributed by atoms with van der Waals surface area (Å²) in [7, 11) is 0.862. The second kappa shape index (κ2) is 5.36. The molecule has 0 N–H and O–H groups in total. The SMILES string of the molecule is COC(=O)c1cc(B2OC(C)(C)C(C)(C)O2)c2ccccc2c1. The Labute approximate surface area is 136 Å². The van der Waals surface area contributed by atoms with Crippen molar-refractivity contribution in [1.29, 1.82) is 0 Å². The van der Waals surface area contributed by atoms with Crippen LogP contribution in [0, 0.1) is 0 Å². The first-order valence-corrected chi connectivity index (χ1v) is 7.72. The topological polar surface area (TPSA) is 44.8 Å². The summed E-state index contributed by atoms with van der Waals surface area (Å²) in [6, 6.07) is 11.5. The fraction of sp³-hybridized carbons (Fsp3) is 0.389. The minimum absolute atomic E-state index is 0.367. The number of fused-ring (bicyclic) bond motifs is 1. The van der Waals surface area contributed by atoms with E-state index in [1.807, 2.05) is 58.0 Å². The molecule has 0 aromatic heterocycles. The summed E-state index contributed by atoms with van der Waals surface area (Å²) in [4.78, 5) is 12.0. The molecule has 1 saturated heterocycles. The lowest BCUT2D eigenvalue weighted by Gasteiger charge is -2.32. The number of carbonyl (C=O) groups excluding carboxylic acids is 1. The first-order valence-electron chi connectivity index (χ1n) is 7.72. The molecule has 23 heavy (non-hydrogen) atoms. The molecule has 120 valence electrons. The maximum absolute atomic E-state index is 12.0. The van der Waals surface area contributed by atoms with Crippen molar-refractivity contribution in [1.82, 2.24) is 0 Å². The third-order valence-corrected chi connectivity index (χ3v) is 4.82. The van der Waals surface area contributed by atoms with Gasteiger partial charge in [-0.15, -0.1) is 0 Å². The van der Waals surface area contributed by atoms with Crippen LogP contribution in [0.3, 0.4) is 0 Å². The zero-order chi connectivity index (χ0) is 16.8. The Bertz CT molecular complexity index is 751. The highest BCUT2D eigenvalue weighted by Gasteiger charge is 2.52. The van der Waals surface area contributed by atoms with E-state index in [-0.39, 0.29) is 5.97 Å². The Morgan fingerprint density at radius 3 is 2.26 bits per heavy atom. The van der Waals surface area contributed by atoms with E-state index in [4.69, 9.17) is 14.0 Å². The summed E-state index contributed by atoms with van der Waals surface area (Å²) in [5.41, 5.74) is 0.484. The van der Waals surface area contributed by atoms with Gasteiger partial charge in [0.15, 0.2) is 0 Å². The molecule has 2 aromatic carbocycles. The van der Waals surface area contributed by atoms with Crippen molar-refractivity contribution < 1.29 is 18.8 Å². The van der Waals surface area contributed by atoms with E-state index in [1.54, 1.807) is 6.07 Å². The Morgan fingerprint density at radius 1 is 1.04 bits per heavy atom. The molecule has 0 bridgehead atoms. The molecule has 0 radical (unpaired) electrons. The molecule has 3 rings (SSSR count). The molecule has 0 aliphatic carbocycles. The number of carbonyl (C=O) groups is 1. The van der Waals surface area contributed by atoms with Crippen molar-refractivity contribution in [2.24, 2.45) is 0 Å². The van der Waals surface area contributed by atoms with Gasteiger partial charge in [-0.25, -0.2) is 4.79 Å². The maximum atomic E-state index is 12.0. The van der Waals surface area contributed by atoms with Crippen LogP contribution in [-0.2, 0) is 14.0 Å². The van der Waals surface area contributed by atoms with Gasteiger partial charge in [-0.3, -0.25) is 0 Å². The van der Waals surface area contributed by atoms with E-state index in [2.05, 4.69) is 0 Å². The highest BCUT2D eigenvalue weighted by Crippen LogP contribution is 2.37. The van der Waals surface area contributed by atoms with Crippen LogP contribution in [0.5, 0.6) is 0 Å². The third-order valence-electron chi connectivity index (χ3n) is 4.82. The van der Waals surface area contributed by atoms with Gasteiger partial charge in [0.05, 0.1) is 23.9 Å². The highest BCUT2D eigenvalue weighted by molar-refractivity contribution is 6.65. The molecule has 5 heteroatoms. The van der Waals surface area contributed by atoms with Crippen molar-refractivity contribution in [2.45, 2.75) is 38.9 Å². The van der Waals surface area contributed by atoms with Gasteiger partial charge in [-0.05, 0) is 56.1 Å². The van der Waals surface area contributed by atoms with Gasteiger partial charge in [-0.2, -0.15) is 0 Å². The predicted molar refractivity (Wildman–Crippen MR) is 91.0 cm³/mol. The first-order chi connectivity index (χ1) is 10.7. The fourth-order valence-corrected chi connectivity index (χ4v) is 2.74. The molecule has 1 heterocycles. The van der Waals surface area contributed by atoms with Crippen LogP contribution in [0.15, 0.2) is 36.4 Å². The molecule has 4 nitrogen and oxygen atoms in total. The van der Waals surface area contributed by atoms with E-state index in [9.17, 15) is 4.79 Å². The summed E-state index contributed by atoms with van der Waals surface area (Å²) in [5, 5.41) is 1.97. The highest BCUT2D eigenvalue weighted by atomic mass is 16.7. The van der Waals surface area contributed by atoms with Crippen LogP contribution < -0.4 is 5.46 Å². The zero-order valence-corrected chi connectivity index (χ0v) is 14.2. The molecule has 0 amide bonds. The number of benzene rings is 2. The number of hydrogen-bond donors (Lipinski definition) is 0. The third kappa shape index (κ3) is 2.64. The number of rotatable bonds is 2. The average molecular weight is 312 g/mol. The van der Waals surface area contributed by atoms with Crippen LogP contribution in [0.1, 0.15) is 38.1 Å². The minimum atomic E-state index is -0.519. The van der Waals surface area contributed by atoms with Crippen LogP contribution in [0.25, 0.3) is 10.8 Å². The average Bonchev–Trinajstić information content (AvgIpc) is 2.73. The molecule has 0 atom stereocenters. The van der Waals surface area contributed by atoms with Crippen LogP contribution >= 0.6 is 0 Å². The van der Waals surface area contributed by atoms with Crippen LogP contribution in [0.4, 0.5) is 0 Å². The molecule has 1 aliphatic rings. The smallest absolute Gasteiger partial charge is 0.465 e. The van der Waals surface area contributed by atoms with Gasteiger partial charge < -0.3 is 14.0 Å². The van der Waals surface area contributed by atoms with Gasteiger partial charge in [0.2, 0.25) is 0 Å². The molecule has 1 fully saturated rings. The van der Waals surface area contributed by atoms with Crippen molar-refractivity contribution in [3.8, 4) is 0 Å². The van der Waals surface area contributed by atoms with Crippen molar-refractivity contribution in [3.63, 3.8) is 0 Å². The van der Waals surface area contributed by atoms with E-state index in [0.717, 1.165) is 16.2 Å². The second-order valence-electron chi connectivity index (χ2n) is 6.87. The zero-order valence-electron chi connectivity index (χ0n) is 14.2. The number of methoxy groups -OCH3 is 1. The van der Waals surface area contributed by atoms with Crippen molar-refractivity contribution in [2.75, 3.05) is 7.11 Å². The normalized spacial score (nSPS) is 19.1. The van der Waals surface area contributed by atoms with Gasteiger partial charge in [-0.1, -0.05) is 24.3 Å². The van der Waals surface area contributed by atoms with Gasteiger partial charge >= 0.3 is 13.1 Å². The summed E-state index contributed by atoms with van der Waals surface area (Å²) in [6.45, 7) is 8.05. The van der Waals surface area contributed by atoms with E-state index < -0.39 is 18.3 Å². The number of esters is 1. The Hall–Kier alpha value is -1.85. The molecule has 0 saturated carbocycles. The predicted octanol–water partition coefficient (Wildman–Crippen LogP) is 2.93. The quantitative estimate of drug-likeness (QED) is 0.632. The lowest BCUT2D eigenvalue weighted by molar-refractivity contribution is 0.00578. The van der Waals surface area contributed by atoms with Crippen molar-refractivity contribution >= 4 is 29.3 Å². The molecule has 2 aromatic rings. The molecule has 1 aliphatic heterocycles. The largest absolute Gasteiger partial charge is 0.495 e. The maximum Gasteiger partial charge on any atom is 0.495 e. The molecular weight excluding hydrogens is 291 g/mol. The monoisotopic (exact) mass is 312 g/mol. The van der Waals surface area contributed by atoms with Crippen LogP contribution in [0.2, 0.25) is 0 Å². The summed E-state index contributed by atoms with van der Waals surface area (Å²) in [6.07, 6.45) is 0. The Balaban J connectivity index is 2.15. The number of ether oxygens (including phenoxy) is 1. The van der Waals surface area contributed by atoms with E-state index in [0.29, 0.717) is 5.56 Å². The molecular formula is C18H21BO4. The van der Waals surface area contributed by atoms with E-state index in [1.165, 1.54) is 7.11 Å². The summed E-state index contributed by atoms with van der Waals surface area (Å²) >= 11 is 0. The molecule has 0 unspecified atom stereocenters. The van der Waals surface area contributed by atoms with Gasteiger partial charge in [0, 0.05) is 0 Å². The lowest BCUT2D eigenvalue weighted by atomic mass is 9.75.